The van der Waals surface area contributed by atoms with E-state index < -0.39 is 64.4 Å². The lowest BCUT2D eigenvalue weighted by atomic mass is 9.52. The molecule has 1 aromatic carbocycles. The third kappa shape index (κ3) is 4.06. The maximum absolute atomic E-state index is 13.9. The summed E-state index contributed by atoms with van der Waals surface area (Å²) in [6.07, 6.45) is 4.64. The van der Waals surface area contributed by atoms with Gasteiger partial charge in [0, 0.05) is 23.5 Å². The van der Waals surface area contributed by atoms with Crippen LogP contribution in [0.2, 0.25) is 5.02 Å². The summed E-state index contributed by atoms with van der Waals surface area (Å²) in [6.45, 7) is 0.480. The molecule has 10 nitrogen and oxygen atoms in total. The average molecular weight is 560 g/mol. The summed E-state index contributed by atoms with van der Waals surface area (Å²) in [5.41, 5.74) is 3.63. The SMILES string of the molecule is CN(Cc1cc(O)c2c(c1Cl)C[C@H]1C[C@H]3[C@H](N(C)C)C(=O)C(C(N)=O)C(=O)[C@@]3(O)C(=O)C1C2=O)C1CCCC1. The number of aliphatic hydroxyl groups is 1. The van der Waals surface area contributed by atoms with Crippen LogP contribution in [0.1, 0.15) is 53.6 Å². The van der Waals surface area contributed by atoms with Crippen LogP contribution in [0.3, 0.4) is 0 Å². The fourth-order valence-corrected chi connectivity index (χ4v) is 7.85. The fourth-order valence-electron chi connectivity index (χ4n) is 7.57. The molecule has 1 amide bonds. The molecule has 210 valence electrons. The van der Waals surface area contributed by atoms with Crippen LogP contribution in [0.5, 0.6) is 5.75 Å². The van der Waals surface area contributed by atoms with Crippen molar-refractivity contribution in [3.8, 4) is 5.75 Å². The molecule has 0 heterocycles. The molecule has 3 saturated carbocycles. The number of hydrogen-bond donors (Lipinski definition) is 3. The zero-order chi connectivity index (χ0) is 28.5. The number of phenols is 1. The predicted octanol–water partition coefficient (Wildman–Crippen LogP) is 0.895. The molecular formula is C28H34ClN3O7. The number of ketones is 4. The van der Waals surface area contributed by atoms with Crippen molar-refractivity contribution < 1.29 is 34.2 Å². The summed E-state index contributed by atoms with van der Waals surface area (Å²) in [7, 11) is 5.11. The van der Waals surface area contributed by atoms with Crippen molar-refractivity contribution in [2.45, 2.75) is 62.8 Å². The molecule has 1 aromatic rings. The normalized spacial score (nSPS) is 32.9. The minimum atomic E-state index is -2.74. The second-order valence-corrected chi connectivity index (χ2v) is 12.2. The third-order valence-electron chi connectivity index (χ3n) is 9.44. The van der Waals surface area contributed by atoms with Gasteiger partial charge in [0.15, 0.2) is 34.7 Å². The quantitative estimate of drug-likeness (QED) is 0.445. The summed E-state index contributed by atoms with van der Waals surface area (Å²) in [5, 5.41) is 22.9. The summed E-state index contributed by atoms with van der Waals surface area (Å²) in [4.78, 5) is 69.8. The molecular weight excluding hydrogens is 526 g/mol. The van der Waals surface area contributed by atoms with E-state index in [1.807, 2.05) is 7.05 Å². The Balaban J connectivity index is 1.55. The van der Waals surface area contributed by atoms with E-state index in [-0.39, 0.29) is 24.2 Å². The van der Waals surface area contributed by atoms with Gasteiger partial charge in [-0.2, -0.15) is 0 Å². The van der Waals surface area contributed by atoms with Gasteiger partial charge in [-0.1, -0.05) is 24.4 Å². The van der Waals surface area contributed by atoms with Gasteiger partial charge in [-0.05, 0) is 69.9 Å². The molecule has 0 saturated heterocycles. The first kappa shape index (κ1) is 27.9. The molecule has 4 aliphatic rings. The molecule has 0 spiro atoms. The molecule has 0 aliphatic heterocycles. The van der Waals surface area contributed by atoms with Gasteiger partial charge in [0.05, 0.1) is 17.5 Å². The number of likely N-dealkylation sites (N-methyl/N-ethyl adjacent to an activating group) is 1. The second kappa shape index (κ2) is 9.76. The van der Waals surface area contributed by atoms with E-state index in [1.54, 1.807) is 14.1 Å². The van der Waals surface area contributed by atoms with Gasteiger partial charge >= 0.3 is 0 Å². The molecule has 2 unspecified atom stereocenters. The zero-order valence-electron chi connectivity index (χ0n) is 22.3. The Morgan fingerprint density at radius 3 is 2.36 bits per heavy atom. The van der Waals surface area contributed by atoms with E-state index in [1.165, 1.54) is 11.0 Å². The monoisotopic (exact) mass is 559 g/mol. The molecule has 0 radical (unpaired) electrons. The lowest BCUT2D eigenvalue weighted by Crippen LogP contribution is -2.74. The first-order valence-electron chi connectivity index (χ1n) is 13.4. The van der Waals surface area contributed by atoms with Crippen molar-refractivity contribution in [1.82, 2.24) is 9.80 Å². The Morgan fingerprint density at radius 2 is 1.77 bits per heavy atom. The van der Waals surface area contributed by atoms with Crippen molar-refractivity contribution in [3.05, 3.63) is 27.8 Å². The summed E-state index contributed by atoms with van der Waals surface area (Å²) >= 11 is 6.83. The molecule has 6 atom stereocenters. The van der Waals surface area contributed by atoms with Crippen molar-refractivity contribution >= 4 is 40.6 Å². The smallest absolute Gasteiger partial charge is 0.235 e. The lowest BCUT2D eigenvalue weighted by molar-refractivity contribution is -0.181. The summed E-state index contributed by atoms with van der Waals surface area (Å²) in [5.74, 6) is -10.6. The number of fused-ring (bicyclic) bond motifs is 3. The summed E-state index contributed by atoms with van der Waals surface area (Å²) < 4.78 is 0. The number of phenolic OH excluding ortho intramolecular Hbond substituents is 1. The van der Waals surface area contributed by atoms with E-state index in [9.17, 15) is 34.2 Å². The maximum Gasteiger partial charge on any atom is 0.235 e. The minimum absolute atomic E-state index is 0.00676. The highest BCUT2D eigenvalue weighted by molar-refractivity contribution is 6.34. The van der Waals surface area contributed by atoms with Crippen LogP contribution >= 0.6 is 11.6 Å². The van der Waals surface area contributed by atoms with Gasteiger partial charge in [0.25, 0.3) is 0 Å². The van der Waals surface area contributed by atoms with Gasteiger partial charge in [-0.15, -0.1) is 0 Å². The topological polar surface area (TPSA) is 158 Å². The van der Waals surface area contributed by atoms with Gasteiger partial charge in [-0.3, -0.25) is 33.8 Å². The molecule has 39 heavy (non-hydrogen) atoms. The van der Waals surface area contributed by atoms with Gasteiger partial charge in [0.2, 0.25) is 5.91 Å². The van der Waals surface area contributed by atoms with Crippen LogP contribution in [0, 0.1) is 23.7 Å². The number of benzene rings is 1. The lowest BCUT2D eigenvalue weighted by Gasteiger charge is -2.52. The standard InChI is InChI=1S/C28H34ClN3O7/c1-31(2)22-16-9-12-8-15-19(17(33)10-13(21(15)29)11-32(3)14-6-4-5-7-14)23(34)18(12)25(36)28(16,39)26(37)20(24(22)35)27(30)38/h10,12,14,16,18,20,22,33,39H,4-9,11H2,1-3H3,(H2,30,38)/t12-,16-,18?,20?,22-,28-/m0/s1. The zero-order valence-corrected chi connectivity index (χ0v) is 23.0. The molecule has 11 heteroatoms. The molecule has 0 aromatic heterocycles. The van der Waals surface area contributed by atoms with Gasteiger partial charge in [0.1, 0.15) is 5.75 Å². The van der Waals surface area contributed by atoms with Crippen LogP contribution in [0.4, 0.5) is 0 Å². The van der Waals surface area contributed by atoms with E-state index in [4.69, 9.17) is 17.3 Å². The highest BCUT2D eigenvalue weighted by Crippen LogP contribution is 2.51. The van der Waals surface area contributed by atoms with Crippen molar-refractivity contribution in [3.63, 3.8) is 0 Å². The second-order valence-electron chi connectivity index (χ2n) is 11.9. The Hall–Kier alpha value is -2.66. The maximum atomic E-state index is 13.9. The van der Waals surface area contributed by atoms with E-state index in [0.717, 1.165) is 25.7 Å². The molecule has 3 fully saturated rings. The number of halogens is 1. The molecule has 4 aliphatic carbocycles. The highest BCUT2D eigenvalue weighted by atomic mass is 35.5. The van der Waals surface area contributed by atoms with Gasteiger partial charge < -0.3 is 15.9 Å². The number of amides is 1. The van der Waals surface area contributed by atoms with E-state index in [2.05, 4.69) is 4.90 Å². The number of carbonyl (C=O) groups excluding carboxylic acids is 5. The number of nitrogens with zero attached hydrogens (tertiary/aromatic N) is 2. The molecule has 5 rings (SSSR count). The van der Waals surface area contributed by atoms with Crippen molar-refractivity contribution in [2.75, 3.05) is 21.1 Å². The van der Waals surface area contributed by atoms with Gasteiger partial charge in [-0.25, -0.2) is 0 Å². The number of primary amides is 1. The Bertz CT molecular complexity index is 1290. The number of aromatic hydroxyl groups is 1. The first-order valence-corrected chi connectivity index (χ1v) is 13.8. The Morgan fingerprint density at radius 1 is 1.13 bits per heavy atom. The van der Waals surface area contributed by atoms with Crippen LogP contribution in [0.25, 0.3) is 0 Å². The highest BCUT2D eigenvalue weighted by Gasteiger charge is 2.69. The van der Waals surface area contributed by atoms with Crippen molar-refractivity contribution in [1.29, 1.82) is 0 Å². The third-order valence-corrected chi connectivity index (χ3v) is 9.91. The Kier molecular flexibility index (Phi) is 6.98. The predicted molar refractivity (Wildman–Crippen MR) is 140 cm³/mol. The summed E-state index contributed by atoms with van der Waals surface area (Å²) in [6, 6.07) is 0.722. The van der Waals surface area contributed by atoms with E-state index in [0.29, 0.717) is 28.7 Å². The minimum Gasteiger partial charge on any atom is -0.507 e. The number of nitrogens with two attached hydrogens (primary N) is 1. The van der Waals surface area contributed by atoms with Crippen molar-refractivity contribution in [2.24, 2.45) is 29.4 Å². The molecule has 4 N–H and O–H groups in total. The first-order chi connectivity index (χ1) is 18.3. The van der Waals surface area contributed by atoms with Crippen LogP contribution in [-0.4, -0.2) is 87.9 Å². The number of carbonyl (C=O) groups is 5. The average Bonchev–Trinajstić information content (AvgIpc) is 3.39. The van der Waals surface area contributed by atoms with Crippen LogP contribution in [0.15, 0.2) is 6.07 Å². The fraction of sp³-hybridized carbons (Fsp3) is 0.607. The molecule has 0 bridgehead atoms. The number of Topliss-reactive ketones (excluding diaryl/α,β-unsaturated/α-hetero) is 4. The number of rotatable bonds is 5. The Labute approximate surface area is 231 Å². The number of hydrogen-bond acceptors (Lipinski definition) is 9. The van der Waals surface area contributed by atoms with E-state index >= 15 is 0 Å². The van der Waals surface area contributed by atoms with Crippen LogP contribution in [-0.2, 0) is 32.1 Å². The largest absolute Gasteiger partial charge is 0.507 e. The van der Waals surface area contributed by atoms with Crippen LogP contribution < -0.4 is 5.73 Å².